The molecule has 0 aliphatic heterocycles. The summed E-state index contributed by atoms with van der Waals surface area (Å²) in [6.45, 7) is 5.55. The Morgan fingerprint density at radius 1 is 1.42 bits per heavy atom. The molecule has 0 radical (unpaired) electrons. The fourth-order valence-corrected chi connectivity index (χ4v) is 1.93. The molecule has 0 aliphatic rings. The second-order valence-electron chi connectivity index (χ2n) is 4.75. The maximum absolute atomic E-state index is 13.9. The molecule has 4 nitrogen and oxygen atoms in total. The summed E-state index contributed by atoms with van der Waals surface area (Å²) >= 11 is 0. The number of benzene rings is 1. The van der Waals surface area contributed by atoms with Crippen LogP contribution in [0.3, 0.4) is 0 Å². The molecule has 0 aliphatic carbocycles. The normalized spacial score (nSPS) is 11.0. The van der Waals surface area contributed by atoms with E-state index in [1.54, 1.807) is 23.7 Å². The molecule has 0 amide bonds. The third kappa shape index (κ3) is 2.70. The van der Waals surface area contributed by atoms with Gasteiger partial charge in [-0.2, -0.15) is 5.10 Å². The van der Waals surface area contributed by atoms with E-state index >= 15 is 0 Å². The molecule has 0 atom stereocenters. The SMILES string of the molecule is Cc1cccc(C(=O)Cc2ncnn2C(C)C)c1F. The molecule has 1 heterocycles. The van der Waals surface area contributed by atoms with Gasteiger partial charge in [0.2, 0.25) is 0 Å². The lowest BCUT2D eigenvalue weighted by atomic mass is 10.0. The van der Waals surface area contributed by atoms with E-state index in [1.165, 1.54) is 12.4 Å². The van der Waals surface area contributed by atoms with Crippen LogP contribution in [0.4, 0.5) is 4.39 Å². The molecule has 0 fully saturated rings. The van der Waals surface area contributed by atoms with E-state index in [1.807, 2.05) is 13.8 Å². The summed E-state index contributed by atoms with van der Waals surface area (Å²) in [6.07, 6.45) is 1.47. The molecular formula is C14H16FN3O. The van der Waals surface area contributed by atoms with Gasteiger partial charge in [0.05, 0.1) is 12.0 Å². The number of rotatable bonds is 4. The van der Waals surface area contributed by atoms with Crippen molar-refractivity contribution in [3.05, 3.63) is 47.3 Å². The fraction of sp³-hybridized carbons (Fsp3) is 0.357. The van der Waals surface area contributed by atoms with Crippen LogP contribution >= 0.6 is 0 Å². The number of carbonyl (C=O) groups is 1. The number of hydrogen-bond acceptors (Lipinski definition) is 3. The fourth-order valence-electron chi connectivity index (χ4n) is 1.93. The van der Waals surface area contributed by atoms with Gasteiger partial charge in [0.1, 0.15) is 18.0 Å². The average Bonchev–Trinajstić information content (AvgIpc) is 2.80. The lowest BCUT2D eigenvalue weighted by Gasteiger charge is -2.09. The number of carbonyl (C=O) groups excluding carboxylic acids is 1. The Kier molecular flexibility index (Phi) is 3.74. The highest BCUT2D eigenvalue weighted by Gasteiger charge is 2.17. The Morgan fingerprint density at radius 3 is 2.84 bits per heavy atom. The number of aryl methyl sites for hydroxylation is 1. The Hall–Kier alpha value is -2.04. The molecule has 0 saturated heterocycles. The summed E-state index contributed by atoms with van der Waals surface area (Å²) in [5.74, 6) is -0.180. The third-order valence-corrected chi connectivity index (χ3v) is 2.95. The van der Waals surface area contributed by atoms with E-state index in [4.69, 9.17) is 0 Å². The maximum Gasteiger partial charge on any atom is 0.173 e. The largest absolute Gasteiger partial charge is 0.294 e. The van der Waals surface area contributed by atoms with E-state index in [2.05, 4.69) is 10.1 Å². The Balaban J connectivity index is 2.26. The number of Topliss-reactive ketones (excluding diaryl/α,β-unsaturated/α-hetero) is 1. The van der Waals surface area contributed by atoms with Gasteiger partial charge in [-0.25, -0.2) is 14.1 Å². The Bertz CT molecular complexity index is 604. The molecule has 2 rings (SSSR count). The monoisotopic (exact) mass is 261 g/mol. The van der Waals surface area contributed by atoms with E-state index in [9.17, 15) is 9.18 Å². The summed E-state index contributed by atoms with van der Waals surface area (Å²) < 4.78 is 15.5. The zero-order chi connectivity index (χ0) is 14.0. The van der Waals surface area contributed by atoms with Gasteiger partial charge in [-0.05, 0) is 32.4 Å². The first-order valence-corrected chi connectivity index (χ1v) is 6.17. The molecular weight excluding hydrogens is 245 g/mol. The summed E-state index contributed by atoms with van der Waals surface area (Å²) in [7, 11) is 0. The van der Waals surface area contributed by atoms with Crippen LogP contribution in [0.5, 0.6) is 0 Å². The topological polar surface area (TPSA) is 47.8 Å². The number of nitrogens with zero attached hydrogens (tertiary/aromatic N) is 3. The van der Waals surface area contributed by atoms with E-state index in [-0.39, 0.29) is 23.8 Å². The molecule has 0 bridgehead atoms. The van der Waals surface area contributed by atoms with Crippen molar-refractivity contribution < 1.29 is 9.18 Å². The molecule has 0 saturated carbocycles. The summed E-state index contributed by atoms with van der Waals surface area (Å²) in [4.78, 5) is 16.2. The molecule has 5 heteroatoms. The highest BCUT2D eigenvalue weighted by molar-refractivity contribution is 5.97. The lowest BCUT2D eigenvalue weighted by Crippen LogP contribution is -2.14. The van der Waals surface area contributed by atoms with Gasteiger partial charge in [0.25, 0.3) is 0 Å². The van der Waals surface area contributed by atoms with Crippen molar-refractivity contribution in [2.75, 3.05) is 0 Å². The van der Waals surface area contributed by atoms with Gasteiger partial charge in [0.15, 0.2) is 5.78 Å². The zero-order valence-corrected chi connectivity index (χ0v) is 11.2. The highest BCUT2D eigenvalue weighted by Crippen LogP contribution is 2.15. The molecule has 0 N–H and O–H groups in total. The third-order valence-electron chi connectivity index (χ3n) is 2.95. The van der Waals surface area contributed by atoms with Crippen LogP contribution in [0, 0.1) is 12.7 Å². The summed E-state index contributed by atoms with van der Waals surface area (Å²) in [5, 5.41) is 4.06. The van der Waals surface area contributed by atoms with Crippen molar-refractivity contribution in [2.24, 2.45) is 0 Å². The minimum atomic E-state index is -0.455. The van der Waals surface area contributed by atoms with Gasteiger partial charge >= 0.3 is 0 Å². The van der Waals surface area contributed by atoms with Gasteiger partial charge in [-0.15, -0.1) is 0 Å². The Morgan fingerprint density at radius 2 is 2.16 bits per heavy atom. The number of halogens is 1. The van der Waals surface area contributed by atoms with Gasteiger partial charge in [0, 0.05) is 6.04 Å². The highest BCUT2D eigenvalue weighted by atomic mass is 19.1. The Labute approximate surface area is 111 Å². The van der Waals surface area contributed by atoms with Gasteiger partial charge < -0.3 is 0 Å². The van der Waals surface area contributed by atoms with E-state index < -0.39 is 5.82 Å². The van der Waals surface area contributed by atoms with Crippen molar-refractivity contribution in [2.45, 2.75) is 33.2 Å². The van der Waals surface area contributed by atoms with Crippen LogP contribution in [-0.4, -0.2) is 20.5 Å². The van der Waals surface area contributed by atoms with Crippen molar-refractivity contribution in [1.29, 1.82) is 0 Å². The molecule has 2 aromatic rings. The van der Waals surface area contributed by atoms with Crippen molar-refractivity contribution in [3.63, 3.8) is 0 Å². The van der Waals surface area contributed by atoms with Crippen LogP contribution in [0.1, 0.15) is 41.6 Å². The maximum atomic E-state index is 13.9. The molecule has 1 aromatic heterocycles. The number of ketones is 1. The quantitative estimate of drug-likeness (QED) is 0.795. The summed E-state index contributed by atoms with van der Waals surface area (Å²) in [6, 6.07) is 4.94. The van der Waals surface area contributed by atoms with Crippen molar-refractivity contribution >= 4 is 5.78 Å². The second-order valence-corrected chi connectivity index (χ2v) is 4.75. The van der Waals surface area contributed by atoms with Crippen LogP contribution < -0.4 is 0 Å². The van der Waals surface area contributed by atoms with E-state index in [0.717, 1.165) is 0 Å². The molecule has 0 spiro atoms. The molecule has 19 heavy (non-hydrogen) atoms. The van der Waals surface area contributed by atoms with Gasteiger partial charge in [-0.1, -0.05) is 12.1 Å². The van der Waals surface area contributed by atoms with Crippen LogP contribution in [-0.2, 0) is 6.42 Å². The zero-order valence-electron chi connectivity index (χ0n) is 11.2. The minimum Gasteiger partial charge on any atom is -0.294 e. The van der Waals surface area contributed by atoms with Crippen LogP contribution in [0.25, 0.3) is 0 Å². The lowest BCUT2D eigenvalue weighted by molar-refractivity contribution is 0.0985. The predicted molar refractivity (Wildman–Crippen MR) is 69.6 cm³/mol. The predicted octanol–water partition coefficient (Wildman–Crippen LogP) is 2.73. The molecule has 100 valence electrons. The van der Waals surface area contributed by atoms with Crippen molar-refractivity contribution in [1.82, 2.24) is 14.8 Å². The number of aromatic nitrogens is 3. The smallest absolute Gasteiger partial charge is 0.173 e. The average molecular weight is 261 g/mol. The first-order valence-electron chi connectivity index (χ1n) is 6.17. The van der Waals surface area contributed by atoms with Gasteiger partial charge in [-0.3, -0.25) is 4.79 Å². The second kappa shape index (κ2) is 5.30. The first kappa shape index (κ1) is 13.4. The summed E-state index contributed by atoms with van der Waals surface area (Å²) in [5.41, 5.74) is 0.578. The van der Waals surface area contributed by atoms with E-state index in [0.29, 0.717) is 11.4 Å². The minimum absolute atomic E-state index is 0.0541. The molecule has 1 aromatic carbocycles. The van der Waals surface area contributed by atoms with Crippen molar-refractivity contribution in [3.8, 4) is 0 Å². The van der Waals surface area contributed by atoms with Crippen LogP contribution in [0.2, 0.25) is 0 Å². The number of hydrogen-bond donors (Lipinski definition) is 0. The van der Waals surface area contributed by atoms with Crippen LogP contribution in [0.15, 0.2) is 24.5 Å². The standard InChI is InChI=1S/C14H16FN3O/c1-9(2)18-13(16-8-17-18)7-12(19)11-6-4-5-10(3)14(11)15/h4-6,8-9H,7H2,1-3H3. The molecule has 0 unspecified atom stereocenters. The first-order chi connectivity index (χ1) is 9.00.